The number of benzene rings is 1. The van der Waals surface area contributed by atoms with Crippen LogP contribution in [0, 0.1) is 45.3 Å². The second kappa shape index (κ2) is 11.3. The third kappa shape index (κ3) is 7.14. The summed E-state index contributed by atoms with van der Waals surface area (Å²) in [5.41, 5.74) is -0.601. The van der Waals surface area contributed by atoms with Gasteiger partial charge in [0.05, 0.1) is 6.61 Å². The maximum absolute atomic E-state index is 10.6. The molecule has 10 nitrogen and oxygen atoms in total. The highest BCUT2D eigenvalue weighted by Gasteiger charge is 2.12. The first-order chi connectivity index (χ1) is 13.8. The van der Waals surface area contributed by atoms with Crippen LogP contribution in [-0.4, -0.2) is 32.8 Å². The lowest BCUT2D eigenvalue weighted by Gasteiger charge is -2.11. The molecule has 1 aromatic carbocycles. The van der Waals surface area contributed by atoms with Crippen LogP contribution in [0.15, 0.2) is 12.1 Å². The van der Waals surface area contributed by atoms with Gasteiger partial charge in [-0.15, -0.1) is 0 Å². The van der Waals surface area contributed by atoms with Crippen molar-refractivity contribution in [2.75, 3.05) is 19.8 Å². The molecular formula is C18H16N4O6S. The Morgan fingerprint density at radius 2 is 1.34 bits per heavy atom. The molecule has 0 heterocycles. The van der Waals surface area contributed by atoms with E-state index in [0.29, 0.717) is 6.42 Å². The van der Waals surface area contributed by atoms with Gasteiger partial charge in [-0.05, 0) is 18.6 Å². The van der Waals surface area contributed by atoms with Gasteiger partial charge in [0.1, 0.15) is 60.1 Å². The van der Waals surface area contributed by atoms with Gasteiger partial charge in [0, 0.05) is 10.4 Å². The monoisotopic (exact) mass is 416 g/mol. The molecule has 11 heteroatoms. The second-order valence-corrected chi connectivity index (χ2v) is 6.43. The first-order valence-corrected chi connectivity index (χ1v) is 9.58. The topological polar surface area (TPSA) is 177 Å². The summed E-state index contributed by atoms with van der Waals surface area (Å²) in [7, 11) is -4.66. The summed E-state index contributed by atoms with van der Waals surface area (Å²) in [6, 6.07) is 9.45. The lowest BCUT2D eigenvalue weighted by Crippen LogP contribution is -2.22. The van der Waals surface area contributed by atoms with E-state index >= 15 is 0 Å². The Labute approximate surface area is 167 Å². The van der Waals surface area contributed by atoms with E-state index in [4.69, 9.17) is 14.0 Å². The average Bonchev–Trinajstić information content (AvgIpc) is 2.68. The van der Waals surface area contributed by atoms with E-state index in [-0.39, 0.29) is 46.3 Å². The molecule has 1 rings (SSSR count). The average molecular weight is 416 g/mol. The van der Waals surface area contributed by atoms with Gasteiger partial charge in [0.2, 0.25) is 0 Å². The highest BCUT2D eigenvalue weighted by Crippen LogP contribution is 2.12. The van der Waals surface area contributed by atoms with Crippen LogP contribution in [-0.2, 0) is 14.6 Å². The molecule has 0 bridgehead atoms. The first-order valence-electron chi connectivity index (χ1n) is 8.21. The van der Waals surface area contributed by atoms with Gasteiger partial charge in [0.25, 0.3) is 0 Å². The summed E-state index contributed by atoms with van der Waals surface area (Å²) < 4.78 is 44.9. The first kappa shape index (κ1) is 23.4. The number of ether oxygens (including phenoxy) is 2. The zero-order chi connectivity index (χ0) is 21.9. The van der Waals surface area contributed by atoms with E-state index < -0.39 is 17.0 Å². The van der Waals surface area contributed by atoms with Crippen LogP contribution in [0.2, 0.25) is 0 Å². The van der Waals surface area contributed by atoms with Crippen molar-refractivity contribution in [2.24, 2.45) is 0 Å². The van der Waals surface area contributed by atoms with Gasteiger partial charge >= 0.3 is 10.4 Å². The molecule has 0 atom stereocenters. The van der Waals surface area contributed by atoms with Crippen LogP contribution in [0.25, 0.3) is 11.1 Å². The fraction of sp³-hybridized carbons (Fsp3) is 0.333. The number of hydrogen-bond donors (Lipinski definition) is 1. The SMILES string of the molecule is CCCCOc1cc(=C(C#N)C#N)c(OCCOS(=O)(=O)O)cc1=C(C#N)C#N. The van der Waals surface area contributed by atoms with Crippen LogP contribution in [0.4, 0.5) is 0 Å². The van der Waals surface area contributed by atoms with Crippen LogP contribution in [0.5, 0.6) is 11.5 Å². The van der Waals surface area contributed by atoms with Crippen molar-refractivity contribution in [3.05, 3.63) is 22.6 Å². The van der Waals surface area contributed by atoms with E-state index in [0.717, 1.165) is 6.42 Å². The van der Waals surface area contributed by atoms with Crippen LogP contribution in [0.3, 0.4) is 0 Å². The molecule has 0 saturated carbocycles. The van der Waals surface area contributed by atoms with E-state index in [9.17, 15) is 29.5 Å². The predicted octanol–water partition coefficient (Wildman–Crippen LogP) is 0.459. The molecule has 150 valence electrons. The van der Waals surface area contributed by atoms with Crippen LogP contribution in [0.1, 0.15) is 19.8 Å². The van der Waals surface area contributed by atoms with Crippen molar-refractivity contribution < 1.29 is 26.6 Å². The molecule has 0 unspecified atom stereocenters. The number of nitriles is 4. The number of unbranched alkanes of at least 4 members (excludes halogenated alkanes) is 1. The molecule has 0 aromatic heterocycles. The van der Waals surface area contributed by atoms with Gasteiger partial charge in [0.15, 0.2) is 0 Å². The predicted molar refractivity (Wildman–Crippen MR) is 98.4 cm³/mol. The van der Waals surface area contributed by atoms with E-state index in [1.54, 1.807) is 24.3 Å². The molecule has 0 saturated heterocycles. The summed E-state index contributed by atoms with van der Waals surface area (Å²) in [5.74, 6) is 0.0546. The summed E-state index contributed by atoms with van der Waals surface area (Å²) in [6.45, 7) is 1.30. The summed E-state index contributed by atoms with van der Waals surface area (Å²) in [4.78, 5) is 0. The number of hydrogen-bond acceptors (Lipinski definition) is 9. The third-order valence-electron chi connectivity index (χ3n) is 3.40. The molecule has 0 amide bonds. The lowest BCUT2D eigenvalue weighted by atomic mass is 10.1. The largest absolute Gasteiger partial charge is 0.493 e. The molecule has 1 aromatic rings. The van der Waals surface area contributed by atoms with Crippen molar-refractivity contribution in [2.45, 2.75) is 19.8 Å². The molecule has 0 radical (unpaired) electrons. The van der Waals surface area contributed by atoms with Gasteiger partial charge in [-0.1, -0.05) is 13.3 Å². The maximum atomic E-state index is 10.6. The second-order valence-electron chi connectivity index (χ2n) is 5.34. The molecule has 29 heavy (non-hydrogen) atoms. The number of nitrogens with zero attached hydrogens (tertiary/aromatic N) is 4. The summed E-state index contributed by atoms with van der Waals surface area (Å²) in [5, 5.41) is 37.0. The molecule has 0 aliphatic carbocycles. The molecule has 0 aliphatic rings. The standard InChI is InChI=1S/C18H16N4O6S/c1-2-3-4-26-17-7-16(14(11-21)12-22)18(8-15(17)13(9-19)10-20)27-5-6-28-29(23,24)25/h7-8H,2-6H2,1H3,(H,23,24,25). The Balaban J connectivity index is 3.60. The normalized spacial score (nSPS) is 10.0. The summed E-state index contributed by atoms with van der Waals surface area (Å²) in [6.07, 6.45) is 1.53. The third-order valence-corrected chi connectivity index (χ3v) is 3.86. The Morgan fingerprint density at radius 1 is 0.897 bits per heavy atom. The summed E-state index contributed by atoms with van der Waals surface area (Å²) >= 11 is 0. The van der Waals surface area contributed by atoms with E-state index in [1.807, 2.05) is 6.92 Å². The number of rotatable bonds is 9. The minimum Gasteiger partial charge on any atom is -0.493 e. The fourth-order valence-corrected chi connectivity index (χ4v) is 2.38. The molecule has 0 fully saturated rings. The minimum absolute atomic E-state index is 0.0346. The molecule has 1 N–H and O–H groups in total. The Bertz CT molecular complexity index is 1120. The maximum Gasteiger partial charge on any atom is 0.397 e. The van der Waals surface area contributed by atoms with Crippen molar-refractivity contribution in [3.63, 3.8) is 0 Å². The zero-order valence-electron chi connectivity index (χ0n) is 15.4. The van der Waals surface area contributed by atoms with Gasteiger partial charge in [-0.2, -0.15) is 29.5 Å². The van der Waals surface area contributed by atoms with E-state index in [1.165, 1.54) is 12.1 Å². The fourth-order valence-electron chi connectivity index (χ4n) is 2.10. The van der Waals surface area contributed by atoms with Crippen molar-refractivity contribution in [1.82, 2.24) is 0 Å². The Morgan fingerprint density at radius 3 is 1.72 bits per heavy atom. The van der Waals surface area contributed by atoms with Gasteiger partial charge in [-0.25, -0.2) is 4.18 Å². The highest BCUT2D eigenvalue weighted by molar-refractivity contribution is 7.80. The van der Waals surface area contributed by atoms with Crippen molar-refractivity contribution in [3.8, 4) is 35.8 Å². The molecule has 0 aliphatic heterocycles. The molecule has 0 spiro atoms. The Kier molecular flexibility index (Phi) is 9.12. The highest BCUT2D eigenvalue weighted by atomic mass is 32.3. The van der Waals surface area contributed by atoms with Crippen LogP contribution < -0.4 is 19.9 Å². The van der Waals surface area contributed by atoms with Crippen LogP contribution >= 0.6 is 0 Å². The van der Waals surface area contributed by atoms with E-state index in [2.05, 4.69) is 4.18 Å². The minimum atomic E-state index is -4.66. The Hall–Kier alpha value is -3.61. The van der Waals surface area contributed by atoms with Gasteiger partial charge < -0.3 is 9.47 Å². The smallest absolute Gasteiger partial charge is 0.397 e. The lowest BCUT2D eigenvalue weighted by molar-refractivity contribution is 0.200. The van der Waals surface area contributed by atoms with Gasteiger partial charge in [-0.3, -0.25) is 4.55 Å². The van der Waals surface area contributed by atoms with Crippen molar-refractivity contribution in [1.29, 1.82) is 21.0 Å². The molecular weight excluding hydrogens is 400 g/mol. The zero-order valence-corrected chi connectivity index (χ0v) is 16.2. The van der Waals surface area contributed by atoms with Crippen molar-refractivity contribution >= 4 is 21.5 Å². The quantitative estimate of drug-likeness (QED) is 0.439.